The van der Waals surface area contributed by atoms with Crippen LogP contribution >= 0.6 is 0 Å². The zero-order chi connectivity index (χ0) is 19.4. The van der Waals surface area contributed by atoms with Crippen molar-refractivity contribution in [3.8, 4) is 5.75 Å². The summed E-state index contributed by atoms with van der Waals surface area (Å²) in [6.07, 6.45) is 0.248. The molecular weight excluding hydrogens is 342 g/mol. The molecule has 0 unspecified atom stereocenters. The zero-order valence-electron chi connectivity index (χ0n) is 17.1. The molecule has 0 aliphatic carbocycles. The van der Waals surface area contributed by atoms with Crippen LogP contribution in [-0.2, 0) is 16.1 Å². The van der Waals surface area contributed by atoms with Crippen molar-refractivity contribution in [1.29, 1.82) is 0 Å². The molecule has 6 nitrogen and oxygen atoms in total. The zero-order valence-corrected chi connectivity index (χ0v) is 17.1. The largest absolute Gasteiger partial charge is 0.496 e. The fourth-order valence-corrected chi connectivity index (χ4v) is 4.05. The average Bonchev–Trinajstić information content (AvgIpc) is 2.63. The van der Waals surface area contributed by atoms with E-state index in [1.165, 1.54) is 11.1 Å². The number of benzene rings is 1. The Bertz CT molecular complexity index is 634. The topological polar surface area (TPSA) is 45.2 Å². The number of aryl methyl sites for hydroxylation is 1. The van der Waals surface area contributed by atoms with Gasteiger partial charge >= 0.3 is 0 Å². The van der Waals surface area contributed by atoms with Crippen LogP contribution in [0.15, 0.2) is 18.2 Å². The van der Waals surface area contributed by atoms with Gasteiger partial charge in [-0.15, -0.1) is 0 Å². The summed E-state index contributed by atoms with van der Waals surface area (Å²) in [5.41, 5.74) is 2.49. The lowest BCUT2D eigenvalue weighted by Crippen LogP contribution is -2.53. The molecule has 3 rings (SSSR count). The van der Waals surface area contributed by atoms with Gasteiger partial charge in [0.1, 0.15) is 5.75 Å². The molecule has 2 aliphatic heterocycles. The number of hydrogen-bond donors (Lipinski definition) is 0. The molecule has 0 aromatic heterocycles. The summed E-state index contributed by atoms with van der Waals surface area (Å²) in [5.74, 6) is 1.18. The van der Waals surface area contributed by atoms with Gasteiger partial charge in [0.25, 0.3) is 0 Å². The van der Waals surface area contributed by atoms with Gasteiger partial charge in [-0.3, -0.25) is 14.6 Å². The van der Waals surface area contributed by atoms with Crippen molar-refractivity contribution in [3.05, 3.63) is 29.3 Å². The maximum atomic E-state index is 12.6. The number of carbonyl (C=O) groups excluding carboxylic acids is 1. The summed E-state index contributed by atoms with van der Waals surface area (Å²) in [6.45, 7) is 12.8. The highest BCUT2D eigenvalue weighted by Crippen LogP contribution is 2.22. The molecule has 0 saturated carbocycles. The van der Waals surface area contributed by atoms with Crippen molar-refractivity contribution in [2.75, 3.05) is 52.9 Å². The summed E-state index contributed by atoms with van der Waals surface area (Å²) in [6, 6.07) is 6.33. The number of ether oxygens (including phenoxy) is 2. The minimum Gasteiger partial charge on any atom is -0.496 e. The van der Waals surface area contributed by atoms with Gasteiger partial charge in [-0.05, 0) is 26.8 Å². The third kappa shape index (κ3) is 5.43. The van der Waals surface area contributed by atoms with Gasteiger partial charge in [-0.25, -0.2) is 0 Å². The first-order valence-corrected chi connectivity index (χ1v) is 9.96. The molecule has 27 heavy (non-hydrogen) atoms. The molecule has 0 bridgehead atoms. The Labute approximate surface area is 163 Å². The molecule has 1 amide bonds. The van der Waals surface area contributed by atoms with Crippen LogP contribution in [0.4, 0.5) is 0 Å². The molecule has 2 saturated heterocycles. The average molecular weight is 376 g/mol. The van der Waals surface area contributed by atoms with Gasteiger partial charge in [0.05, 0.1) is 25.9 Å². The predicted octanol–water partition coefficient (Wildman–Crippen LogP) is 1.76. The van der Waals surface area contributed by atoms with Crippen molar-refractivity contribution in [3.63, 3.8) is 0 Å². The molecule has 0 radical (unpaired) electrons. The minimum absolute atomic E-state index is 0.124. The summed E-state index contributed by atoms with van der Waals surface area (Å²) in [4.78, 5) is 19.3. The van der Waals surface area contributed by atoms with Gasteiger partial charge < -0.3 is 14.4 Å². The SMILES string of the molecule is COc1ccc(C)cc1CN1CCN(CC(=O)N2C[C@@H](C)O[C@@H](C)C2)CC1. The Balaban J connectivity index is 1.48. The van der Waals surface area contributed by atoms with Crippen molar-refractivity contribution in [2.45, 2.75) is 39.5 Å². The number of rotatable bonds is 5. The molecular formula is C21H33N3O3. The van der Waals surface area contributed by atoms with E-state index < -0.39 is 0 Å². The van der Waals surface area contributed by atoms with E-state index in [4.69, 9.17) is 9.47 Å². The maximum Gasteiger partial charge on any atom is 0.236 e. The van der Waals surface area contributed by atoms with Gasteiger partial charge in [0.15, 0.2) is 0 Å². The first-order chi connectivity index (χ1) is 12.9. The normalized spacial score (nSPS) is 24.8. The van der Waals surface area contributed by atoms with E-state index >= 15 is 0 Å². The second-order valence-corrected chi connectivity index (χ2v) is 7.92. The van der Waals surface area contributed by atoms with Gasteiger partial charge in [-0.1, -0.05) is 17.7 Å². The lowest BCUT2D eigenvalue weighted by Gasteiger charge is -2.38. The van der Waals surface area contributed by atoms with E-state index in [0.717, 1.165) is 38.5 Å². The first-order valence-electron chi connectivity index (χ1n) is 9.96. The van der Waals surface area contributed by atoms with E-state index in [2.05, 4.69) is 28.9 Å². The molecule has 0 spiro atoms. The highest BCUT2D eigenvalue weighted by atomic mass is 16.5. The van der Waals surface area contributed by atoms with Crippen molar-refractivity contribution < 1.29 is 14.3 Å². The molecule has 0 N–H and O–H groups in total. The fourth-order valence-electron chi connectivity index (χ4n) is 4.05. The summed E-state index contributed by atoms with van der Waals surface area (Å²) in [5, 5.41) is 0. The Kier molecular flexibility index (Phi) is 6.73. The smallest absolute Gasteiger partial charge is 0.236 e. The van der Waals surface area contributed by atoms with Crippen molar-refractivity contribution in [2.24, 2.45) is 0 Å². The van der Waals surface area contributed by atoms with Crippen LogP contribution in [0, 0.1) is 6.92 Å². The predicted molar refractivity (Wildman–Crippen MR) is 106 cm³/mol. The summed E-state index contributed by atoms with van der Waals surface area (Å²) < 4.78 is 11.2. The highest BCUT2D eigenvalue weighted by Gasteiger charge is 2.28. The van der Waals surface area contributed by atoms with E-state index in [0.29, 0.717) is 19.6 Å². The molecule has 2 aliphatic rings. The number of nitrogens with zero attached hydrogens (tertiary/aromatic N) is 3. The van der Waals surface area contributed by atoms with E-state index in [1.54, 1.807) is 7.11 Å². The molecule has 2 fully saturated rings. The molecule has 6 heteroatoms. The number of amides is 1. The second kappa shape index (κ2) is 9.04. The molecule has 2 atom stereocenters. The lowest BCUT2D eigenvalue weighted by molar-refractivity contribution is -0.144. The van der Waals surface area contributed by atoms with Gasteiger partial charge in [0, 0.05) is 51.4 Å². The molecule has 1 aromatic carbocycles. The van der Waals surface area contributed by atoms with Crippen LogP contribution in [0.2, 0.25) is 0 Å². The van der Waals surface area contributed by atoms with Crippen LogP contribution in [0.3, 0.4) is 0 Å². The Morgan fingerprint density at radius 2 is 1.74 bits per heavy atom. The number of piperazine rings is 1. The van der Waals surface area contributed by atoms with Crippen molar-refractivity contribution >= 4 is 5.91 Å². The van der Waals surface area contributed by atoms with Crippen LogP contribution in [0.25, 0.3) is 0 Å². The van der Waals surface area contributed by atoms with Crippen LogP contribution in [-0.4, -0.2) is 85.7 Å². The highest BCUT2D eigenvalue weighted by molar-refractivity contribution is 5.78. The van der Waals surface area contributed by atoms with E-state index in [1.807, 2.05) is 24.8 Å². The summed E-state index contributed by atoms with van der Waals surface area (Å²) in [7, 11) is 1.73. The van der Waals surface area contributed by atoms with E-state index in [9.17, 15) is 4.79 Å². The molecule has 1 aromatic rings. The lowest BCUT2D eigenvalue weighted by atomic mass is 10.1. The number of hydrogen-bond acceptors (Lipinski definition) is 5. The maximum absolute atomic E-state index is 12.6. The first kappa shape index (κ1) is 20.1. The minimum atomic E-state index is 0.124. The van der Waals surface area contributed by atoms with Crippen molar-refractivity contribution in [1.82, 2.24) is 14.7 Å². The Hall–Kier alpha value is -1.63. The van der Waals surface area contributed by atoms with Gasteiger partial charge in [-0.2, -0.15) is 0 Å². The molecule has 2 heterocycles. The van der Waals surface area contributed by atoms with E-state index in [-0.39, 0.29) is 18.1 Å². The quantitative estimate of drug-likeness (QED) is 0.785. The Morgan fingerprint density at radius 1 is 1.11 bits per heavy atom. The number of methoxy groups -OCH3 is 1. The fraction of sp³-hybridized carbons (Fsp3) is 0.667. The van der Waals surface area contributed by atoms with Gasteiger partial charge in [0.2, 0.25) is 5.91 Å². The summed E-state index contributed by atoms with van der Waals surface area (Å²) >= 11 is 0. The standard InChI is InChI=1S/C21H33N3O3/c1-16-5-6-20(26-4)19(11-16)14-22-7-9-23(10-8-22)15-21(25)24-12-17(2)27-18(3)13-24/h5-6,11,17-18H,7-10,12-15H2,1-4H3/t17-,18+. The monoisotopic (exact) mass is 375 g/mol. The van der Waals surface area contributed by atoms with Crippen LogP contribution in [0.5, 0.6) is 5.75 Å². The number of carbonyl (C=O) groups is 1. The molecule has 150 valence electrons. The second-order valence-electron chi connectivity index (χ2n) is 7.92. The Morgan fingerprint density at radius 3 is 2.37 bits per heavy atom. The van der Waals surface area contributed by atoms with Crippen LogP contribution in [0.1, 0.15) is 25.0 Å². The third-order valence-corrected chi connectivity index (χ3v) is 5.43. The third-order valence-electron chi connectivity index (χ3n) is 5.43. The number of morpholine rings is 1. The van der Waals surface area contributed by atoms with Crippen LogP contribution < -0.4 is 4.74 Å².